The monoisotopic (exact) mass is 489 g/mol. The van der Waals surface area contributed by atoms with E-state index in [1.807, 2.05) is 0 Å². The smallest absolute Gasteiger partial charge is 0.406 e. The molecule has 2 aliphatic rings. The second-order valence-corrected chi connectivity index (χ2v) is 8.78. The number of benzene rings is 1. The number of ether oxygens (including phenoxy) is 1. The zero-order chi connectivity index (χ0) is 23.3. The Morgan fingerprint density at radius 3 is 2.47 bits per heavy atom. The fourth-order valence-electron chi connectivity index (χ4n) is 3.69. The van der Waals surface area contributed by atoms with Crippen LogP contribution < -0.4 is 15.8 Å². The molecule has 2 aromatic rings. The lowest BCUT2D eigenvalue weighted by molar-refractivity contribution is -0.274. The highest BCUT2D eigenvalue weighted by Crippen LogP contribution is 2.52. The van der Waals surface area contributed by atoms with Crippen molar-refractivity contribution < 1.29 is 22.7 Å². The number of halogens is 5. The Bertz CT molecular complexity index is 1070. The van der Waals surface area contributed by atoms with E-state index >= 15 is 0 Å². The van der Waals surface area contributed by atoms with Crippen molar-refractivity contribution >= 4 is 41.1 Å². The Labute approximate surface area is 191 Å². The van der Waals surface area contributed by atoms with Gasteiger partial charge in [0.25, 0.3) is 0 Å². The second kappa shape index (κ2) is 8.15. The van der Waals surface area contributed by atoms with Gasteiger partial charge in [-0.25, -0.2) is 4.68 Å². The average molecular weight is 490 g/mol. The number of aliphatic imine (C=N–C) groups is 1. The number of nitrogens with one attached hydrogen (secondary N) is 1. The summed E-state index contributed by atoms with van der Waals surface area (Å²) in [5, 5.41) is 7.67. The molecule has 0 atom stereocenters. The molecule has 3 N–H and O–H groups in total. The number of primary amides is 1. The molecule has 2 aliphatic carbocycles. The third-order valence-electron chi connectivity index (χ3n) is 5.55. The van der Waals surface area contributed by atoms with Crippen LogP contribution in [0.15, 0.2) is 17.1 Å². The van der Waals surface area contributed by atoms with Gasteiger partial charge in [-0.3, -0.25) is 9.79 Å². The van der Waals surface area contributed by atoms with E-state index in [2.05, 4.69) is 20.1 Å². The summed E-state index contributed by atoms with van der Waals surface area (Å²) in [7, 11) is 1.56. The van der Waals surface area contributed by atoms with Gasteiger partial charge >= 0.3 is 6.36 Å². The number of nitrogens with two attached hydrogens (primary N) is 1. The molecule has 1 aromatic heterocycles. The van der Waals surface area contributed by atoms with Crippen molar-refractivity contribution in [2.75, 3.05) is 18.9 Å². The molecule has 0 unspecified atom stereocenters. The highest BCUT2D eigenvalue weighted by molar-refractivity contribution is 6.38. The van der Waals surface area contributed by atoms with Gasteiger partial charge in [0.15, 0.2) is 0 Å². The normalized spacial score (nSPS) is 17.6. The Morgan fingerprint density at radius 1 is 1.38 bits per heavy atom. The largest absolute Gasteiger partial charge is 0.573 e. The van der Waals surface area contributed by atoms with Crippen LogP contribution in [0.3, 0.4) is 0 Å². The van der Waals surface area contributed by atoms with Gasteiger partial charge < -0.3 is 15.8 Å². The van der Waals surface area contributed by atoms with Crippen LogP contribution in [0.4, 0.5) is 19.0 Å². The van der Waals surface area contributed by atoms with Crippen molar-refractivity contribution in [3.05, 3.63) is 33.4 Å². The number of carbonyl (C=O) groups is 1. The fraction of sp³-hybridized carbons (Fsp3) is 0.450. The van der Waals surface area contributed by atoms with Gasteiger partial charge in [0, 0.05) is 37.5 Å². The molecule has 32 heavy (non-hydrogen) atoms. The summed E-state index contributed by atoms with van der Waals surface area (Å²) in [6, 6.07) is 2.02. The van der Waals surface area contributed by atoms with E-state index in [1.54, 1.807) is 7.05 Å². The first-order valence-electron chi connectivity index (χ1n) is 9.90. The van der Waals surface area contributed by atoms with Crippen LogP contribution in [0, 0.1) is 5.92 Å². The van der Waals surface area contributed by atoms with E-state index in [0.717, 1.165) is 25.0 Å². The summed E-state index contributed by atoms with van der Waals surface area (Å²) in [5.74, 6) is -0.0891. The van der Waals surface area contributed by atoms with Crippen LogP contribution in [-0.4, -0.2) is 41.9 Å². The molecule has 2 fully saturated rings. The lowest BCUT2D eigenvalue weighted by Gasteiger charge is -2.18. The molecule has 12 heteroatoms. The first-order valence-corrected chi connectivity index (χ1v) is 10.7. The number of alkyl halides is 3. The summed E-state index contributed by atoms with van der Waals surface area (Å²) in [4.78, 5) is 16.4. The maximum atomic E-state index is 12.6. The standard InChI is InChI=1S/C20H20Cl2F3N5O2/c1-27-9-14-15(19(4-5-19)18(26)31)17(28-8-10-2-3-10)30(29-14)16-12(21)6-11(7-13(16)22)32-20(23,24)25/h6-7,9-10,28H,2-5,8H2,1H3,(H2,26,31). The van der Waals surface area contributed by atoms with Crippen molar-refractivity contribution in [2.24, 2.45) is 16.6 Å². The minimum atomic E-state index is -4.89. The highest BCUT2D eigenvalue weighted by Gasteiger charge is 2.54. The van der Waals surface area contributed by atoms with Crippen LogP contribution in [0.25, 0.3) is 5.69 Å². The molecule has 7 nitrogen and oxygen atoms in total. The number of anilines is 1. The third-order valence-corrected chi connectivity index (χ3v) is 6.13. The molecule has 0 radical (unpaired) electrons. The molecule has 0 saturated heterocycles. The lowest BCUT2D eigenvalue weighted by atomic mass is 9.94. The van der Waals surface area contributed by atoms with Crippen LogP contribution in [0.5, 0.6) is 5.75 Å². The van der Waals surface area contributed by atoms with Crippen molar-refractivity contribution in [3.63, 3.8) is 0 Å². The molecule has 1 heterocycles. The van der Waals surface area contributed by atoms with Crippen molar-refractivity contribution in [1.82, 2.24) is 9.78 Å². The number of hydrogen-bond acceptors (Lipinski definition) is 5. The zero-order valence-electron chi connectivity index (χ0n) is 17.0. The summed E-state index contributed by atoms with van der Waals surface area (Å²) >= 11 is 12.7. The first kappa shape index (κ1) is 22.7. The van der Waals surface area contributed by atoms with Gasteiger partial charge in [-0.05, 0) is 31.6 Å². The van der Waals surface area contributed by atoms with E-state index in [9.17, 15) is 18.0 Å². The summed E-state index contributed by atoms with van der Waals surface area (Å²) in [6.45, 7) is 0.626. The number of hydrogen-bond donors (Lipinski definition) is 2. The van der Waals surface area contributed by atoms with Crippen LogP contribution in [-0.2, 0) is 10.2 Å². The van der Waals surface area contributed by atoms with Crippen molar-refractivity contribution in [2.45, 2.75) is 37.5 Å². The summed E-state index contributed by atoms with van der Waals surface area (Å²) in [5.41, 5.74) is 5.97. The van der Waals surface area contributed by atoms with Gasteiger partial charge in [-0.1, -0.05) is 23.2 Å². The average Bonchev–Trinajstić information content (AvgIpc) is 3.58. The Kier molecular flexibility index (Phi) is 5.79. The zero-order valence-corrected chi connectivity index (χ0v) is 18.5. The lowest BCUT2D eigenvalue weighted by Crippen LogP contribution is -2.30. The van der Waals surface area contributed by atoms with Crippen LogP contribution >= 0.6 is 23.2 Å². The topological polar surface area (TPSA) is 94.5 Å². The predicted octanol–water partition coefficient (Wildman–Crippen LogP) is 4.47. The predicted molar refractivity (Wildman–Crippen MR) is 115 cm³/mol. The van der Waals surface area contributed by atoms with Gasteiger partial charge in [0.1, 0.15) is 22.9 Å². The minimum Gasteiger partial charge on any atom is -0.406 e. The van der Waals surface area contributed by atoms with Gasteiger partial charge in [0.05, 0.1) is 15.5 Å². The number of aromatic nitrogens is 2. The van der Waals surface area contributed by atoms with E-state index in [4.69, 9.17) is 28.9 Å². The number of carbonyl (C=O) groups excluding carboxylic acids is 1. The van der Waals surface area contributed by atoms with E-state index in [0.29, 0.717) is 42.4 Å². The van der Waals surface area contributed by atoms with Gasteiger partial charge in [-0.15, -0.1) is 13.2 Å². The minimum absolute atomic E-state index is 0.107. The maximum absolute atomic E-state index is 12.6. The molecule has 1 amide bonds. The number of amides is 1. The summed E-state index contributed by atoms with van der Waals surface area (Å²) in [6.07, 6.45) is -0.140. The van der Waals surface area contributed by atoms with Crippen molar-refractivity contribution in [1.29, 1.82) is 0 Å². The highest BCUT2D eigenvalue weighted by atomic mass is 35.5. The SMILES string of the molecule is CN=Cc1nn(-c2c(Cl)cc(OC(F)(F)F)cc2Cl)c(NCC2CC2)c1C1(C(N)=O)CC1. The van der Waals surface area contributed by atoms with E-state index in [-0.39, 0.29) is 15.7 Å². The quantitative estimate of drug-likeness (QED) is 0.535. The van der Waals surface area contributed by atoms with Gasteiger partial charge in [-0.2, -0.15) is 5.10 Å². The number of rotatable bonds is 8. The molecule has 1 aromatic carbocycles. The Hall–Kier alpha value is -2.46. The van der Waals surface area contributed by atoms with Crippen LogP contribution in [0.2, 0.25) is 10.0 Å². The second-order valence-electron chi connectivity index (χ2n) is 7.96. The Balaban J connectivity index is 1.88. The molecule has 0 aliphatic heterocycles. The molecule has 0 spiro atoms. The molecular formula is C20H20Cl2F3N5O2. The molecular weight excluding hydrogens is 470 g/mol. The Morgan fingerprint density at radius 2 is 2.00 bits per heavy atom. The maximum Gasteiger partial charge on any atom is 0.573 e. The molecule has 4 rings (SSSR count). The van der Waals surface area contributed by atoms with Gasteiger partial charge in [0.2, 0.25) is 5.91 Å². The number of nitrogens with zero attached hydrogens (tertiary/aromatic N) is 3. The first-order chi connectivity index (χ1) is 15.1. The molecule has 172 valence electrons. The van der Waals surface area contributed by atoms with Crippen LogP contribution in [0.1, 0.15) is 36.9 Å². The third kappa shape index (κ3) is 4.38. The van der Waals surface area contributed by atoms with E-state index < -0.39 is 23.4 Å². The molecule has 0 bridgehead atoms. The fourth-order valence-corrected chi connectivity index (χ4v) is 4.32. The summed E-state index contributed by atoms with van der Waals surface area (Å²) < 4.78 is 43.2. The van der Waals surface area contributed by atoms with E-state index in [1.165, 1.54) is 10.9 Å². The van der Waals surface area contributed by atoms with Crippen molar-refractivity contribution in [3.8, 4) is 11.4 Å². The molecule has 2 saturated carbocycles.